The van der Waals surface area contributed by atoms with Crippen LogP contribution in [0.2, 0.25) is 0 Å². The van der Waals surface area contributed by atoms with Crippen LogP contribution < -0.4 is 0 Å². The minimum Gasteiger partial charge on any atom is -0.478 e. The van der Waals surface area contributed by atoms with E-state index in [0.717, 1.165) is 12.8 Å². The summed E-state index contributed by atoms with van der Waals surface area (Å²) in [6.45, 7) is 1.97. The van der Waals surface area contributed by atoms with Crippen LogP contribution in [0.25, 0.3) is 0 Å². The zero-order chi connectivity index (χ0) is 18.5. The van der Waals surface area contributed by atoms with Gasteiger partial charge in [-0.1, -0.05) is 64.7 Å². The molecule has 1 heterocycles. The Morgan fingerprint density at radius 3 is 2.12 bits per heavy atom. The Kier molecular flexibility index (Phi) is 12.6. The monoisotopic (exact) mass is 376 g/mol. The van der Waals surface area contributed by atoms with E-state index in [1.165, 1.54) is 51.4 Å². The highest BCUT2D eigenvalue weighted by Gasteiger charge is 2.40. The molecule has 25 heavy (non-hydrogen) atoms. The molecule has 0 amide bonds. The lowest BCUT2D eigenvalue weighted by Gasteiger charge is -2.37. The number of rotatable bonds is 13. The van der Waals surface area contributed by atoms with Gasteiger partial charge in [-0.05, 0) is 18.6 Å². The first-order chi connectivity index (χ1) is 12.1. The van der Waals surface area contributed by atoms with E-state index >= 15 is 0 Å². The summed E-state index contributed by atoms with van der Waals surface area (Å²) in [7, 11) is 0. The highest BCUT2D eigenvalue weighted by Crippen LogP contribution is 2.20. The third kappa shape index (κ3) is 9.29. The van der Waals surface area contributed by atoms with Gasteiger partial charge in [-0.3, -0.25) is 0 Å². The maximum absolute atomic E-state index is 10.1. The average Bonchev–Trinajstić information content (AvgIpc) is 2.60. The van der Waals surface area contributed by atoms with Gasteiger partial charge >= 0.3 is 0 Å². The molecule has 4 atom stereocenters. The van der Waals surface area contributed by atoms with Gasteiger partial charge in [0, 0.05) is 6.42 Å². The van der Waals surface area contributed by atoms with Gasteiger partial charge in [-0.25, -0.2) is 0 Å². The van der Waals surface area contributed by atoms with Gasteiger partial charge in [0.1, 0.15) is 18.3 Å². The fourth-order valence-electron chi connectivity index (χ4n) is 3.13. The summed E-state index contributed by atoms with van der Waals surface area (Å²) in [5, 5.41) is 29.5. The van der Waals surface area contributed by atoms with Crippen LogP contribution in [0.3, 0.4) is 0 Å². The number of aliphatic hydroxyl groups is 3. The molecule has 0 bridgehead atoms. The van der Waals surface area contributed by atoms with E-state index in [1.54, 1.807) is 0 Å². The molecule has 0 aliphatic carbocycles. The number of hydrogen-bond acceptors (Lipinski definition) is 6. The quantitative estimate of drug-likeness (QED) is 0.339. The van der Waals surface area contributed by atoms with Crippen molar-refractivity contribution in [3.05, 3.63) is 0 Å². The van der Waals surface area contributed by atoms with Gasteiger partial charge in [-0.15, -0.1) is 0 Å². The smallest absolute Gasteiger partial charge is 0.160 e. The fourth-order valence-corrected chi connectivity index (χ4v) is 3.39. The molecule has 0 saturated carbocycles. The molecule has 0 radical (unpaired) electrons. The molecule has 0 aromatic carbocycles. The van der Waals surface area contributed by atoms with Gasteiger partial charge in [0.25, 0.3) is 0 Å². The number of aliphatic hydroxyl groups excluding tert-OH is 3. The second-order valence-electron chi connectivity index (χ2n) is 7.00. The summed E-state index contributed by atoms with van der Waals surface area (Å²) < 4.78 is 10.7. The first-order valence-electron chi connectivity index (χ1n) is 9.88. The van der Waals surface area contributed by atoms with Crippen molar-refractivity contribution >= 4 is 17.3 Å². The summed E-state index contributed by atoms with van der Waals surface area (Å²) >= 11 is 5.23. The Morgan fingerprint density at radius 2 is 1.56 bits per heavy atom. The maximum atomic E-state index is 10.1. The number of thiocarbonyl (C=S) groups is 1. The van der Waals surface area contributed by atoms with Crippen LogP contribution in [-0.2, 0) is 9.47 Å². The molecule has 5 nitrogen and oxygen atoms in total. The van der Waals surface area contributed by atoms with Crippen molar-refractivity contribution in [3.8, 4) is 0 Å². The number of unbranched alkanes of at least 4 members (excludes halogenated alkanes) is 9. The Bertz CT molecular complexity index is 353. The van der Waals surface area contributed by atoms with Gasteiger partial charge in [0.2, 0.25) is 0 Å². The zero-order valence-corrected chi connectivity index (χ0v) is 16.4. The molecule has 6 heteroatoms. The first kappa shape index (κ1) is 22.8. The van der Waals surface area contributed by atoms with E-state index < -0.39 is 24.4 Å². The van der Waals surface area contributed by atoms with Gasteiger partial charge in [0.15, 0.2) is 11.2 Å². The standard InChI is InChI=1S/C19H36O5S/c1-2-3-4-5-6-7-8-9-10-11-12-17(25)24-19-15(21)14-23-16(13-20)18(19)22/h15-16,18-22H,2-14H2,1H3/t15-,16+,18+,19+/m0/s1. The van der Waals surface area contributed by atoms with Crippen molar-refractivity contribution in [3.63, 3.8) is 0 Å². The van der Waals surface area contributed by atoms with Crippen LogP contribution in [0.4, 0.5) is 0 Å². The first-order valence-corrected chi connectivity index (χ1v) is 10.3. The van der Waals surface area contributed by atoms with E-state index in [2.05, 4.69) is 6.92 Å². The van der Waals surface area contributed by atoms with Crippen LogP contribution in [0.5, 0.6) is 0 Å². The molecule has 0 aromatic rings. The topological polar surface area (TPSA) is 79.2 Å². The van der Waals surface area contributed by atoms with Crippen molar-refractivity contribution in [2.24, 2.45) is 0 Å². The zero-order valence-electron chi connectivity index (χ0n) is 15.6. The third-order valence-corrected chi connectivity index (χ3v) is 5.06. The molecule has 1 saturated heterocycles. The van der Waals surface area contributed by atoms with Crippen LogP contribution in [0.15, 0.2) is 0 Å². The minimum atomic E-state index is -1.07. The molecule has 1 fully saturated rings. The molecule has 148 valence electrons. The Hall–Kier alpha value is -0.270. The minimum absolute atomic E-state index is 0.0355. The van der Waals surface area contributed by atoms with Gasteiger partial charge in [-0.2, -0.15) is 0 Å². The second kappa shape index (κ2) is 13.9. The second-order valence-corrected chi connectivity index (χ2v) is 7.45. The predicted octanol–water partition coefficient (Wildman–Crippen LogP) is 3.12. The molecular formula is C19H36O5S. The van der Waals surface area contributed by atoms with Crippen LogP contribution in [0.1, 0.15) is 77.6 Å². The average molecular weight is 377 g/mol. The van der Waals surface area contributed by atoms with Crippen molar-refractivity contribution in [1.82, 2.24) is 0 Å². The molecule has 1 rings (SSSR count). The number of hydrogen-bond donors (Lipinski definition) is 3. The van der Waals surface area contributed by atoms with Crippen LogP contribution in [-0.4, -0.2) is 58.0 Å². The molecule has 1 aliphatic heterocycles. The summed E-state index contributed by atoms with van der Waals surface area (Å²) in [6, 6.07) is 0. The third-order valence-electron chi connectivity index (χ3n) is 4.76. The van der Waals surface area contributed by atoms with E-state index in [4.69, 9.17) is 26.8 Å². The van der Waals surface area contributed by atoms with Crippen molar-refractivity contribution in [2.45, 2.75) is 102 Å². The van der Waals surface area contributed by atoms with Gasteiger partial charge < -0.3 is 24.8 Å². The molecular weight excluding hydrogens is 340 g/mol. The largest absolute Gasteiger partial charge is 0.478 e. The highest BCUT2D eigenvalue weighted by atomic mass is 32.1. The number of ether oxygens (including phenoxy) is 2. The van der Waals surface area contributed by atoms with E-state index in [9.17, 15) is 10.2 Å². The molecule has 3 N–H and O–H groups in total. The SMILES string of the molecule is CCCCCCCCCCCCC(=S)O[C@H]1[C@H](O)[C@@H](CO)OC[C@@H]1O. The molecule has 1 aliphatic rings. The summed E-state index contributed by atoms with van der Waals surface area (Å²) in [5.41, 5.74) is 0. The highest BCUT2D eigenvalue weighted by molar-refractivity contribution is 7.80. The molecule has 0 unspecified atom stereocenters. The van der Waals surface area contributed by atoms with E-state index in [1.807, 2.05) is 0 Å². The maximum Gasteiger partial charge on any atom is 0.160 e. The lowest BCUT2D eigenvalue weighted by Crippen LogP contribution is -2.55. The van der Waals surface area contributed by atoms with Crippen molar-refractivity contribution < 1.29 is 24.8 Å². The van der Waals surface area contributed by atoms with Crippen LogP contribution >= 0.6 is 12.2 Å². The summed E-state index contributed by atoms with van der Waals surface area (Å²) in [4.78, 5) is 0. The summed E-state index contributed by atoms with van der Waals surface area (Å²) in [5.74, 6) is 0. The van der Waals surface area contributed by atoms with Crippen LogP contribution in [0, 0.1) is 0 Å². The Labute approximate surface area is 157 Å². The molecule has 0 spiro atoms. The summed E-state index contributed by atoms with van der Waals surface area (Å²) in [6.07, 6.45) is 9.72. The lowest BCUT2D eigenvalue weighted by molar-refractivity contribution is -0.190. The van der Waals surface area contributed by atoms with Gasteiger partial charge in [0.05, 0.1) is 13.2 Å². The Morgan fingerprint density at radius 1 is 1.00 bits per heavy atom. The predicted molar refractivity (Wildman–Crippen MR) is 103 cm³/mol. The van der Waals surface area contributed by atoms with E-state index in [0.29, 0.717) is 11.5 Å². The fraction of sp³-hybridized carbons (Fsp3) is 0.947. The van der Waals surface area contributed by atoms with Crippen molar-refractivity contribution in [2.75, 3.05) is 13.2 Å². The van der Waals surface area contributed by atoms with E-state index in [-0.39, 0.29) is 13.2 Å². The molecule has 0 aromatic heterocycles. The Balaban J connectivity index is 2.06. The lowest BCUT2D eigenvalue weighted by atomic mass is 10.0. The normalized spacial score (nSPS) is 26.6. The van der Waals surface area contributed by atoms with Crippen molar-refractivity contribution in [1.29, 1.82) is 0 Å².